The highest BCUT2D eigenvalue weighted by atomic mass is 32.1. The molecule has 8 nitrogen and oxygen atoms in total. The first-order valence-electron chi connectivity index (χ1n) is 7.61. The molecule has 1 aliphatic heterocycles. The highest BCUT2D eigenvalue weighted by Crippen LogP contribution is 2.27. The van der Waals surface area contributed by atoms with Crippen molar-refractivity contribution in [3.8, 4) is 10.8 Å². The van der Waals surface area contributed by atoms with Gasteiger partial charge in [0.2, 0.25) is 16.9 Å². The van der Waals surface area contributed by atoms with Crippen LogP contribution < -0.4 is 10.2 Å². The third-order valence-corrected chi connectivity index (χ3v) is 5.35. The first-order valence-corrected chi connectivity index (χ1v) is 9.30. The minimum absolute atomic E-state index is 0.0877. The topological polar surface area (TPSA) is 101 Å². The van der Waals surface area contributed by atoms with Crippen LogP contribution in [0.25, 0.3) is 10.8 Å². The number of furan rings is 1. The van der Waals surface area contributed by atoms with Crippen molar-refractivity contribution in [1.82, 2.24) is 15.2 Å². The number of hydrogen-bond acceptors (Lipinski definition) is 8. The minimum Gasteiger partial charge on any atom is -0.462 e. The largest absolute Gasteiger partial charge is 0.462 e. The molecular weight excluding hydrogens is 362 g/mol. The number of nitrogens with one attached hydrogen (secondary N) is 1. The molecule has 1 saturated heterocycles. The molecule has 0 aliphatic carbocycles. The van der Waals surface area contributed by atoms with E-state index in [1.54, 1.807) is 28.7 Å². The van der Waals surface area contributed by atoms with Gasteiger partial charge in [-0.1, -0.05) is 11.3 Å². The molecule has 1 fully saturated rings. The van der Waals surface area contributed by atoms with Crippen LogP contribution in [0.1, 0.15) is 18.5 Å². The fraction of sp³-hybridized carbons (Fsp3) is 0.267. The average Bonchev–Trinajstić information content (AvgIpc) is 3.34. The predicted octanol–water partition coefficient (Wildman–Crippen LogP) is 2.56. The van der Waals surface area contributed by atoms with Crippen LogP contribution in [0.5, 0.6) is 0 Å². The number of anilines is 2. The summed E-state index contributed by atoms with van der Waals surface area (Å²) < 4.78 is 5.25. The smallest absolute Gasteiger partial charge is 0.232 e. The van der Waals surface area contributed by atoms with E-state index < -0.39 is 0 Å². The monoisotopic (exact) mass is 375 g/mol. The summed E-state index contributed by atoms with van der Waals surface area (Å²) in [4.78, 5) is 30.0. The Kier molecular flexibility index (Phi) is 4.28. The van der Waals surface area contributed by atoms with E-state index in [0.29, 0.717) is 39.7 Å². The highest BCUT2D eigenvalue weighted by molar-refractivity contribution is 7.18. The number of aromatic nitrogens is 3. The molecule has 3 aromatic rings. The molecule has 4 heterocycles. The van der Waals surface area contributed by atoms with Crippen LogP contribution in [0.4, 0.5) is 10.3 Å². The van der Waals surface area contributed by atoms with E-state index in [9.17, 15) is 9.59 Å². The Morgan fingerprint density at radius 1 is 1.40 bits per heavy atom. The summed E-state index contributed by atoms with van der Waals surface area (Å²) in [5.41, 5.74) is 0.632. The Labute approximate surface area is 150 Å². The molecule has 0 bridgehead atoms. The first kappa shape index (κ1) is 15.9. The molecule has 0 radical (unpaired) electrons. The van der Waals surface area contributed by atoms with Crippen molar-refractivity contribution < 1.29 is 14.0 Å². The van der Waals surface area contributed by atoms with E-state index in [1.165, 1.54) is 22.7 Å². The van der Waals surface area contributed by atoms with Crippen molar-refractivity contribution in [3.05, 3.63) is 29.5 Å². The lowest BCUT2D eigenvalue weighted by molar-refractivity contribution is -0.117. The van der Waals surface area contributed by atoms with Gasteiger partial charge in [0.15, 0.2) is 15.9 Å². The molecule has 4 rings (SSSR count). The zero-order valence-corrected chi connectivity index (χ0v) is 14.6. The van der Waals surface area contributed by atoms with Gasteiger partial charge in [0.05, 0.1) is 18.4 Å². The van der Waals surface area contributed by atoms with Crippen molar-refractivity contribution in [2.75, 3.05) is 16.8 Å². The number of nitrogens with zero attached hydrogens (tertiary/aromatic N) is 4. The second-order valence-electron chi connectivity index (χ2n) is 5.38. The lowest BCUT2D eigenvalue weighted by Gasteiger charge is -2.10. The van der Waals surface area contributed by atoms with Crippen LogP contribution in [-0.2, 0) is 16.0 Å². The number of thiazole rings is 1. The number of carbonyl (C=O) groups is 2. The van der Waals surface area contributed by atoms with E-state index in [1.807, 2.05) is 0 Å². The third-order valence-electron chi connectivity index (χ3n) is 3.59. The molecule has 10 heteroatoms. The van der Waals surface area contributed by atoms with E-state index in [4.69, 9.17) is 4.42 Å². The van der Waals surface area contributed by atoms with Gasteiger partial charge in [0.25, 0.3) is 0 Å². The molecule has 0 saturated carbocycles. The Bertz CT molecular complexity index is 902. The van der Waals surface area contributed by atoms with Crippen molar-refractivity contribution in [1.29, 1.82) is 0 Å². The van der Waals surface area contributed by atoms with E-state index >= 15 is 0 Å². The van der Waals surface area contributed by atoms with Gasteiger partial charge in [0.1, 0.15) is 0 Å². The van der Waals surface area contributed by atoms with Crippen LogP contribution in [-0.4, -0.2) is 33.5 Å². The number of rotatable bonds is 5. The minimum atomic E-state index is -0.230. The summed E-state index contributed by atoms with van der Waals surface area (Å²) in [5, 5.41) is 14.1. The quantitative estimate of drug-likeness (QED) is 0.735. The lowest BCUT2D eigenvalue weighted by atomic mass is 10.3. The maximum atomic E-state index is 12.2. The Hall–Kier alpha value is -2.59. The van der Waals surface area contributed by atoms with Crippen molar-refractivity contribution in [2.45, 2.75) is 19.3 Å². The predicted molar refractivity (Wildman–Crippen MR) is 93.6 cm³/mol. The average molecular weight is 375 g/mol. The van der Waals surface area contributed by atoms with Crippen LogP contribution in [0.2, 0.25) is 0 Å². The van der Waals surface area contributed by atoms with Crippen LogP contribution in [0.3, 0.4) is 0 Å². The maximum absolute atomic E-state index is 12.2. The van der Waals surface area contributed by atoms with E-state index in [-0.39, 0.29) is 18.2 Å². The van der Waals surface area contributed by atoms with Gasteiger partial charge in [-0.25, -0.2) is 4.98 Å². The summed E-state index contributed by atoms with van der Waals surface area (Å²) in [6, 6.07) is 3.54. The van der Waals surface area contributed by atoms with E-state index in [2.05, 4.69) is 20.5 Å². The molecule has 25 heavy (non-hydrogen) atoms. The van der Waals surface area contributed by atoms with Gasteiger partial charge in [-0.15, -0.1) is 21.5 Å². The number of hydrogen-bond donors (Lipinski definition) is 1. The Morgan fingerprint density at radius 2 is 2.32 bits per heavy atom. The summed E-state index contributed by atoms with van der Waals surface area (Å²) in [6.07, 6.45) is 3.09. The maximum Gasteiger partial charge on any atom is 0.232 e. The third kappa shape index (κ3) is 3.44. The van der Waals surface area contributed by atoms with Crippen LogP contribution in [0, 0.1) is 0 Å². The zero-order chi connectivity index (χ0) is 17.2. The standard InChI is InChI=1S/C15H13N5O3S2/c21-11(17-14-19-18-13(25-14)10-3-2-6-23-10)7-9-8-24-15(16-9)20-5-1-4-12(20)22/h2-3,6,8H,1,4-5,7H2,(H,17,19,21). The molecular formula is C15H13N5O3S2. The van der Waals surface area contributed by atoms with Crippen molar-refractivity contribution >= 4 is 44.8 Å². The molecule has 1 aliphatic rings. The molecule has 128 valence electrons. The van der Waals surface area contributed by atoms with Crippen molar-refractivity contribution in [2.24, 2.45) is 0 Å². The molecule has 0 atom stereocenters. The van der Waals surface area contributed by atoms with Crippen LogP contribution >= 0.6 is 22.7 Å². The summed E-state index contributed by atoms with van der Waals surface area (Å²) in [7, 11) is 0. The molecule has 3 aromatic heterocycles. The fourth-order valence-corrected chi connectivity index (χ4v) is 4.05. The fourth-order valence-electron chi connectivity index (χ4n) is 2.45. The van der Waals surface area contributed by atoms with Gasteiger partial charge >= 0.3 is 0 Å². The lowest BCUT2D eigenvalue weighted by Crippen LogP contribution is -2.23. The van der Waals surface area contributed by atoms with Gasteiger partial charge in [-0.05, 0) is 18.6 Å². The number of amides is 2. The Balaban J connectivity index is 1.38. The second-order valence-corrected chi connectivity index (χ2v) is 7.20. The Morgan fingerprint density at radius 3 is 3.08 bits per heavy atom. The summed E-state index contributed by atoms with van der Waals surface area (Å²) >= 11 is 2.61. The van der Waals surface area contributed by atoms with Gasteiger partial charge in [-0.3, -0.25) is 14.5 Å². The van der Waals surface area contributed by atoms with Gasteiger partial charge in [-0.2, -0.15) is 0 Å². The first-order chi connectivity index (χ1) is 12.2. The molecule has 0 unspecified atom stereocenters. The van der Waals surface area contributed by atoms with Crippen LogP contribution in [0.15, 0.2) is 28.2 Å². The normalized spacial score (nSPS) is 14.2. The molecule has 0 aromatic carbocycles. The zero-order valence-electron chi connectivity index (χ0n) is 13.0. The highest BCUT2D eigenvalue weighted by Gasteiger charge is 2.24. The second kappa shape index (κ2) is 6.73. The van der Waals surface area contributed by atoms with E-state index in [0.717, 1.165) is 6.42 Å². The van der Waals surface area contributed by atoms with Gasteiger partial charge < -0.3 is 9.73 Å². The molecule has 0 spiro atoms. The van der Waals surface area contributed by atoms with Gasteiger partial charge in [0, 0.05) is 18.3 Å². The SMILES string of the molecule is O=C(Cc1csc(N2CCCC2=O)n1)Nc1nnc(-c2ccco2)s1. The summed E-state index contributed by atoms with van der Waals surface area (Å²) in [6.45, 7) is 0.693. The number of carbonyl (C=O) groups excluding carboxylic acids is 2. The summed E-state index contributed by atoms with van der Waals surface area (Å²) in [5.74, 6) is 0.467. The molecule has 1 N–H and O–H groups in total. The van der Waals surface area contributed by atoms with Crippen molar-refractivity contribution in [3.63, 3.8) is 0 Å². The molecule has 2 amide bonds.